The molecule has 0 aliphatic heterocycles. The molecule has 0 radical (unpaired) electrons. The molecule has 0 saturated heterocycles. The van der Waals surface area contributed by atoms with E-state index in [0.717, 1.165) is 22.3 Å². The molecule has 4 aromatic carbocycles. The molecule has 0 aromatic heterocycles. The van der Waals surface area contributed by atoms with Crippen molar-refractivity contribution in [1.82, 2.24) is 10.6 Å². The summed E-state index contributed by atoms with van der Waals surface area (Å²) in [5.74, 6) is -2.73. The number of carboxylic acids is 2. The SMILES string of the molecule is CC(C)(C)OC(=O)N[C@@H](Cc1ccccc1)C[C@H](O)[C@@H]([NH3+])Cc1ccccc1.CC(C)(C)OC(=O)N[C@@H](Cc1ccccc1)C[C@H](O)[C@@H]([NH3+])Cc1ccccc1.O=C([O-])CCC(=O)[O-]. The lowest BCUT2D eigenvalue weighted by Gasteiger charge is -2.26. The van der Waals surface area contributed by atoms with Crippen LogP contribution in [0.25, 0.3) is 0 Å². The van der Waals surface area contributed by atoms with E-state index < -0.39 is 60.4 Å². The van der Waals surface area contributed by atoms with Crippen molar-refractivity contribution >= 4 is 24.1 Å². The molecule has 0 spiro atoms. The number of benzene rings is 4. The zero-order valence-electron chi connectivity index (χ0n) is 38.2. The predicted octanol–water partition coefficient (Wildman–Crippen LogP) is 2.72. The molecule has 64 heavy (non-hydrogen) atoms. The van der Waals surface area contributed by atoms with Gasteiger partial charge in [-0.1, -0.05) is 121 Å². The van der Waals surface area contributed by atoms with E-state index in [-0.39, 0.29) is 24.2 Å². The number of ether oxygens (including phenoxy) is 2. The van der Waals surface area contributed by atoms with Gasteiger partial charge in [0.05, 0.1) is 0 Å². The minimum atomic E-state index is -1.37. The summed E-state index contributed by atoms with van der Waals surface area (Å²) >= 11 is 0. The van der Waals surface area contributed by atoms with E-state index in [1.807, 2.05) is 163 Å². The van der Waals surface area contributed by atoms with E-state index in [9.17, 15) is 39.6 Å². The topological polar surface area (TPSA) is 253 Å². The third-order valence-corrected chi connectivity index (χ3v) is 9.45. The van der Waals surface area contributed by atoms with Gasteiger partial charge in [-0.15, -0.1) is 0 Å². The predicted molar refractivity (Wildman–Crippen MR) is 241 cm³/mol. The number of hydrogen-bond acceptors (Lipinski definition) is 10. The van der Waals surface area contributed by atoms with Crippen molar-refractivity contribution in [1.29, 1.82) is 0 Å². The van der Waals surface area contributed by atoms with Gasteiger partial charge in [-0.25, -0.2) is 9.59 Å². The Balaban J connectivity index is 0.000000376. The molecule has 0 unspecified atom stereocenters. The van der Waals surface area contributed by atoms with E-state index in [1.165, 1.54) is 0 Å². The Kier molecular flexibility index (Phi) is 23.8. The third-order valence-electron chi connectivity index (χ3n) is 9.45. The number of carbonyl (C=O) groups is 4. The van der Waals surface area contributed by atoms with Gasteiger partial charge in [0.25, 0.3) is 0 Å². The molecule has 14 heteroatoms. The molecule has 0 aliphatic rings. The summed E-state index contributed by atoms with van der Waals surface area (Å²) in [7, 11) is 0. The van der Waals surface area contributed by atoms with E-state index in [0.29, 0.717) is 38.5 Å². The number of hydrogen-bond donors (Lipinski definition) is 6. The Morgan fingerprint density at radius 1 is 0.500 bits per heavy atom. The number of rotatable bonds is 19. The first-order valence-electron chi connectivity index (χ1n) is 21.6. The summed E-state index contributed by atoms with van der Waals surface area (Å²) in [5.41, 5.74) is 11.6. The van der Waals surface area contributed by atoms with Crippen molar-refractivity contribution in [3.8, 4) is 0 Å². The Morgan fingerprint density at radius 2 is 0.750 bits per heavy atom. The average molecular weight is 887 g/mol. The number of nitrogens with one attached hydrogen (secondary N) is 2. The van der Waals surface area contributed by atoms with Crippen LogP contribution in [0.3, 0.4) is 0 Å². The van der Waals surface area contributed by atoms with E-state index >= 15 is 0 Å². The van der Waals surface area contributed by atoms with Gasteiger partial charge in [0.15, 0.2) is 0 Å². The molecule has 0 aliphatic carbocycles. The van der Waals surface area contributed by atoms with Crippen molar-refractivity contribution in [3.05, 3.63) is 144 Å². The first kappa shape index (κ1) is 54.3. The summed E-state index contributed by atoms with van der Waals surface area (Å²) in [4.78, 5) is 43.5. The van der Waals surface area contributed by atoms with E-state index in [4.69, 9.17) is 9.47 Å². The van der Waals surface area contributed by atoms with Crippen molar-refractivity contribution in [2.75, 3.05) is 0 Å². The summed E-state index contributed by atoms with van der Waals surface area (Å²) in [6.07, 6.45) is 0.291. The summed E-state index contributed by atoms with van der Waals surface area (Å²) in [5, 5.41) is 46.3. The molecule has 6 atom stereocenters. The van der Waals surface area contributed by atoms with Gasteiger partial charge in [-0.05, 0) is 102 Å². The number of quaternary nitrogens is 2. The lowest BCUT2D eigenvalue weighted by Crippen LogP contribution is -2.68. The Labute approximate surface area is 378 Å². The second-order valence-corrected chi connectivity index (χ2v) is 17.8. The highest BCUT2D eigenvalue weighted by Gasteiger charge is 2.28. The van der Waals surface area contributed by atoms with Crippen LogP contribution in [0.15, 0.2) is 121 Å². The first-order valence-corrected chi connectivity index (χ1v) is 21.6. The Morgan fingerprint density at radius 3 is 0.984 bits per heavy atom. The highest BCUT2D eigenvalue weighted by molar-refractivity contribution is 5.72. The van der Waals surface area contributed by atoms with Crippen LogP contribution >= 0.6 is 0 Å². The van der Waals surface area contributed by atoms with Crippen LogP contribution in [0, 0.1) is 0 Å². The molecule has 0 fully saturated rings. The van der Waals surface area contributed by atoms with E-state index in [2.05, 4.69) is 22.1 Å². The van der Waals surface area contributed by atoms with Crippen LogP contribution in [-0.2, 0) is 44.7 Å². The first-order chi connectivity index (χ1) is 30.1. The van der Waals surface area contributed by atoms with Crippen LogP contribution < -0.4 is 32.3 Å². The Bertz CT molecular complexity index is 1780. The fourth-order valence-electron chi connectivity index (χ4n) is 6.41. The van der Waals surface area contributed by atoms with Gasteiger partial charge < -0.3 is 61.6 Å². The van der Waals surface area contributed by atoms with Crippen LogP contribution in [-0.4, -0.2) is 81.9 Å². The molecule has 14 nitrogen and oxygen atoms in total. The van der Waals surface area contributed by atoms with Crippen LogP contribution in [0.5, 0.6) is 0 Å². The van der Waals surface area contributed by atoms with Crippen molar-refractivity contribution in [2.45, 2.75) is 140 Å². The van der Waals surface area contributed by atoms with Crippen molar-refractivity contribution < 1.29 is 60.5 Å². The van der Waals surface area contributed by atoms with Crippen molar-refractivity contribution in [2.24, 2.45) is 0 Å². The lowest BCUT2D eigenvalue weighted by atomic mass is 9.94. The zero-order valence-corrected chi connectivity index (χ0v) is 38.2. The molecule has 4 aromatic rings. The monoisotopic (exact) mass is 887 g/mol. The lowest BCUT2D eigenvalue weighted by molar-refractivity contribution is -0.438. The molecule has 10 N–H and O–H groups in total. The molecule has 2 amide bonds. The molecule has 4 rings (SSSR count). The third kappa shape index (κ3) is 26.0. The van der Waals surface area contributed by atoms with Crippen LogP contribution in [0.4, 0.5) is 9.59 Å². The number of amides is 2. The average Bonchev–Trinajstić information content (AvgIpc) is 3.20. The Hall–Kier alpha value is -5.80. The molecule has 0 saturated carbocycles. The van der Waals surface area contributed by atoms with Crippen LogP contribution in [0.1, 0.15) is 89.5 Å². The number of carboxylic acid groups (broad SMARTS) is 2. The van der Waals surface area contributed by atoms with Gasteiger partial charge in [0, 0.05) is 36.9 Å². The molecule has 0 heterocycles. The number of carbonyl (C=O) groups excluding carboxylic acids is 4. The van der Waals surface area contributed by atoms with Gasteiger partial charge in [0.1, 0.15) is 35.5 Å². The number of aliphatic carboxylic acids is 2. The number of aliphatic hydroxyl groups excluding tert-OH is 2. The molecule has 350 valence electrons. The maximum Gasteiger partial charge on any atom is 0.407 e. The van der Waals surface area contributed by atoms with E-state index in [1.54, 1.807) is 0 Å². The van der Waals surface area contributed by atoms with Gasteiger partial charge in [-0.2, -0.15) is 0 Å². The second-order valence-electron chi connectivity index (χ2n) is 17.8. The standard InChI is InChI=1S/2C23H32N2O3.C4H6O4/c2*1-23(2,3)28-22(27)25-19(14-17-10-6-4-7-11-17)16-21(26)20(24)15-18-12-8-5-9-13-18;5-3(6)1-2-4(7)8/h2*4-13,19-21,26H,14-16,24H2,1-3H3,(H,25,27);1-2H2,(H,5,6)(H,7,8)/t2*19-,20-,21-;/m00./s1. The van der Waals surface area contributed by atoms with Gasteiger partial charge >= 0.3 is 12.2 Å². The summed E-state index contributed by atoms with van der Waals surface area (Å²) in [6, 6.07) is 39.0. The summed E-state index contributed by atoms with van der Waals surface area (Å²) < 4.78 is 10.8. The highest BCUT2D eigenvalue weighted by atomic mass is 16.6. The van der Waals surface area contributed by atoms with Crippen molar-refractivity contribution in [3.63, 3.8) is 0 Å². The molecule has 0 bridgehead atoms. The normalized spacial score (nSPS) is 14.0. The minimum Gasteiger partial charge on any atom is -0.550 e. The smallest absolute Gasteiger partial charge is 0.407 e. The largest absolute Gasteiger partial charge is 0.550 e. The van der Waals surface area contributed by atoms with Crippen LogP contribution in [0.2, 0.25) is 0 Å². The quantitative estimate of drug-likeness (QED) is 0.0803. The summed E-state index contributed by atoms with van der Waals surface area (Å²) in [6.45, 7) is 11.0. The van der Waals surface area contributed by atoms with Gasteiger partial charge in [0.2, 0.25) is 0 Å². The fraction of sp³-hybridized carbons (Fsp3) is 0.440. The maximum absolute atomic E-state index is 12.3. The minimum absolute atomic E-state index is 0.166. The number of alkyl carbamates (subject to hydrolysis) is 2. The number of aliphatic hydroxyl groups is 2. The zero-order chi connectivity index (χ0) is 47.7. The second kappa shape index (κ2) is 28.1. The molecular weight excluding hydrogens is 817 g/mol. The maximum atomic E-state index is 12.3. The fourth-order valence-corrected chi connectivity index (χ4v) is 6.41. The van der Waals surface area contributed by atoms with Gasteiger partial charge in [-0.3, -0.25) is 0 Å². The molecular formula is C50H70N4O10. The highest BCUT2D eigenvalue weighted by Crippen LogP contribution is 2.16.